The molecule has 5 atom stereocenters. The van der Waals surface area contributed by atoms with E-state index in [-0.39, 0.29) is 12.2 Å². The second kappa shape index (κ2) is 5.60. The van der Waals surface area contributed by atoms with Crippen molar-refractivity contribution in [3.63, 3.8) is 0 Å². The van der Waals surface area contributed by atoms with Crippen LogP contribution in [0.15, 0.2) is 0 Å². The number of carbonyl (C=O) groups excluding carboxylic acids is 1. The fourth-order valence-electron chi connectivity index (χ4n) is 3.82. The Morgan fingerprint density at radius 1 is 1.28 bits per heavy atom. The van der Waals surface area contributed by atoms with Crippen LogP contribution in [0.25, 0.3) is 0 Å². The van der Waals surface area contributed by atoms with E-state index >= 15 is 0 Å². The van der Waals surface area contributed by atoms with Crippen LogP contribution in [-0.4, -0.2) is 29.1 Å². The van der Waals surface area contributed by atoms with Gasteiger partial charge in [-0.25, -0.2) is 0 Å². The number of nitrogens with zero attached hydrogens (tertiary/aromatic N) is 1. The molecule has 1 aliphatic carbocycles. The molecule has 2 aliphatic rings. The smallest absolute Gasteiger partial charge is 0.241 e. The lowest BCUT2D eigenvalue weighted by molar-refractivity contribution is -0.134. The molecule has 1 heterocycles. The molecule has 3 nitrogen and oxygen atoms in total. The summed E-state index contributed by atoms with van der Waals surface area (Å²) in [7, 11) is 0. The Morgan fingerprint density at radius 2 is 2.00 bits per heavy atom. The number of hydrogen-bond acceptors (Lipinski definition) is 2. The molecule has 3 heteroatoms. The minimum absolute atomic E-state index is 0.0662. The number of nitrogens with one attached hydrogen (secondary N) is 1. The first-order valence-electron chi connectivity index (χ1n) is 7.62. The molecule has 0 aromatic rings. The lowest BCUT2D eigenvalue weighted by Crippen LogP contribution is -2.48. The molecule has 0 aromatic heterocycles. The molecule has 1 saturated carbocycles. The van der Waals surface area contributed by atoms with Crippen LogP contribution in [0, 0.1) is 11.8 Å². The van der Waals surface area contributed by atoms with Crippen LogP contribution in [0.3, 0.4) is 0 Å². The van der Waals surface area contributed by atoms with Crippen molar-refractivity contribution in [2.75, 3.05) is 0 Å². The SMILES string of the molecule is CCCC1NC(C)N(C2CCC(C)CC2C)C1=O. The molecule has 1 aliphatic heterocycles. The minimum atomic E-state index is 0.0662. The molecule has 18 heavy (non-hydrogen) atoms. The van der Waals surface area contributed by atoms with Gasteiger partial charge in [-0.05, 0) is 44.4 Å². The summed E-state index contributed by atoms with van der Waals surface area (Å²) in [5.74, 6) is 1.81. The van der Waals surface area contributed by atoms with Crippen molar-refractivity contribution in [3.8, 4) is 0 Å². The van der Waals surface area contributed by atoms with Crippen LogP contribution in [-0.2, 0) is 4.79 Å². The minimum Gasteiger partial charge on any atom is -0.323 e. The summed E-state index contributed by atoms with van der Waals surface area (Å²) in [5, 5.41) is 3.46. The number of hydrogen-bond donors (Lipinski definition) is 1. The summed E-state index contributed by atoms with van der Waals surface area (Å²) >= 11 is 0. The quantitative estimate of drug-likeness (QED) is 0.837. The van der Waals surface area contributed by atoms with E-state index in [0.717, 1.165) is 18.8 Å². The van der Waals surface area contributed by atoms with Gasteiger partial charge in [0.2, 0.25) is 5.91 Å². The highest BCUT2D eigenvalue weighted by Gasteiger charge is 2.42. The molecule has 0 spiro atoms. The van der Waals surface area contributed by atoms with Crippen LogP contribution in [0.2, 0.25) is 0 Å². The van der Waals surface area contributed by atoms with Crippen molar-refractivity contribution in [1.82, 2.24) is 10.2 Å². The van der Waals surface area contributed by atoms with Crippen LogP contribution in [0.1, 0.15) is 59.8 Å². The zero-order chi connectivity index (χ0) is 13.3. The lowest BCUT2D eigenvalue weighted by Gasteiger charge is -2.40. The number of rotatable bonds is 3. The molecule has 0 radical (unpaired) electrons. The standard InChI is InChI=1S/C15H28N2O/c1-5-6-13-15(18)17(12(4)16-13)14-8-7-10(2)9-11(14)3/h10-14,16H,5-9H2,1-4H3. The topological polar surface area (TPSA) is 32.3 Å². The maximum absolute atomic E-state index is 12.5. The van der Waals surface area contributed by atoms with Gasteiger partial charge in [0.15, 0.2) is 0 Å². The normalized spacial score (nSPS) is 41.4. The Balaban J connectivity index is 2.06. The van der Waals surface area contributed by atoms with Crippen LogP contribution < -0.4 is 5.32 Å². The molecule has 2 rings (SSSR count). The third-order valence-corrected chi connectivity index (χ3v) is 4.73. The Hall–Kier alpha value is -0.570. The van der Waals surface area contributed by atoms with E-state index in [4.69, 9.17) is 0 Å². The summed E-state index contributed by atoms with van der Waals surface area (Å²) in [5.41, 5.74) is 0. The highest BCUT2D eigenvalue weighted by atomic mass is 16.2. The van der Waals surface area contributed by atoms with Crippen molar-refractivity contribution >= 4 is 5.91 Å². The van der Waals surface area contributed by atoms with E-state index in [0.29, 0.717) is 17.9 Å². The van der Waals surface area contributed by atoms with E-state index in [1.54, 1.807) is 0 Å². The van der Waals surface area contributed by atoms with E-state index in [2.05, 4.69) is 37.9 Å². The maximum atomic E-state index is 12.5. The Labute approximate surface area is 111 Å². The second-order valence-electron chi connectivity index (χ2n) is 6.39. The van der Waals surface area contributed by atoms with Gasteiger partial charge < -0.3 is 4.90 Å². The Kier molecular flexibility index (Phi) is 4.31. The molecular formula is C15H28N2O. The molecule has 2 fully saturated rings. The summed E-state index contributed by atoms with van der Waals surface area (Å²) in [6.45, 7) is 8.93. The van der Waals surface area contributed by atoms with Gasteiger partial charge >= 0.3 is 0 Å². The molecule has 0 aromatic carbocycles. The number of amides is 1. The van der Waals surface area contributed by atoms with Crippen molar-refractivity contribution < 1.29 is 4.79 Å². The van der Waals surface area contributed by atoms with Gasteiger partial charge in [-0.1, -0.05) is 27.2 Å². The maximum Gasteiger partial charge on any atom is 0.241 e. The van der Waals surface area contributed by atoms with Gasteiger partial charge in [-0.15, -0.1) is 0 Å². The van der Waals surface area contributed by atoms with Crippen LogP contribution in [0.4, 0.5) is 0 Å². The van der Waals surface area contributed by atoms with Gasteiger partial charge in [0.1, 0.15) is 0 Å². The average molecular weight is 252 g/mol. The molecule has 104 valence electrons. The van der Waals surface area contributed by atoms with E-state index in [1.807, 2.05) is 0 Å². The van der Waals surface area contributed by atoms with Gasteiger partial charge in [-0.3, -0.25) is 10.1 Å². The molecule has 1 saturated heterocycles. The van der Waals surface area contributed by atoms with E-state index in [9.17, 15) is 4.79 Å². The fraction of sp³-hybridized carbons (Fsp3) is 0.933. The highest BCUT2D eigenvalue weighted by molar-refractivity contribution is 5.84. The van der Waals surface area contributed by atoms with Gasteiger partial charge in [0.05, 0.1) is 12.2 Å². The average Bonchev–Trinajstić information content (AvgIpc) is 2.56. The summed E-state index contributed by atoms with van der Waals surface area (Å²) in [4.78, 5) is 14.6. The molecule has 1 N–H and O–H groups in total. The van der Waals surface area contributed by atoms with Gasteiger partial charge in [0.25, 0.3) is 0 Å². The zero-order valence-corrected chi connectivity index (χ0v) is 12.3. The van der Waals surface area contributed by atoms with E-state index in [1.165, 1.54) is 19.3 Å². The van der Waals surface area contributed by atoms with Crippen molar-refractivity contribution in [3.05, 3.63) is 0 Å². The predicted molar refractivity (Wildman–Crippen MR) is 74.1 cm³/mol. The van der Waals surface area contributed by atoms with Crippen LogP contribution >= 0.6 is 0 Å². The van der Waals surface area contributed by atoms with Gasteiger partial charge in [0, 0.05) is 6.04 Å². The Bertz CT molecular complexity index is 305. The molecule has 5 unspecified atom stereocenters. The number of carbonyl (C=O) groups is 1. The van der Waals surface area contributed by atoms with Gasteiger partial charge in [-0.2, -0.15) is 0 Å². The lowest BCUT2D eigenvalue weighted by atomic mass is 9.79. The molecular weight excluding hydrogens is 224 g/mol. The first-order chi connectivity index (χ1) is 8.54. The summed E-state index contributed by atoms with van der Waals surface area (Å²) < 4.78 is 0. The first kappa shape index (κ1) is 13.9. The van der Waals surface area contributed by atoms with E-state index < -0.39 is 0 Å². The largest absolute Gasteiger partial charge is 0.323 e. The molecule has 1 amide bonds. The third kappa shape index (κ3) is 2.56. The van der Waals surface area contributed by atoms with Crippen molar-refractivity contribution in [2.24, 2.45) is 11.8 Å². The summed E-state index contributed by atoms with van der Waals surface area (Å²) in [6.07, 6.45) is 5.97. The molecule has 0 bridgehead atoms. The first-order valence-corrected chi connectivity index (χ1v) is 7.62. The predicted octanol–water partition coefficient (Wildman–Crippen LogP) is 2.76. The van der Waals surface area contributed by atoms with Crippen molar-refractivity contribution in [2.45, 2.75) is 78.0 Å². The third-order valence-electron chi connectivity index (χ3n) is 4.73. The Morgan fingerprint density at radius 3 is 2.61 bits per heavy atom. The monoisotopic (exact) mass is 252 g/mol. The zero-order valence-electron chi connectivity index (χ0n) is 12.3. The second-order valence-corrected chi connectivity index (χ2v) is 6.39. The highest BCUT2D eigenvalue weighted by Crippen LogP contribution is 2.34. The van der Waals surface area contributed by atoms with Crippen molar-refractivity contribution in [1.29, 1.82) is 0 Å². The summed E-state index contributed by atoms with van der Waals surface area (Å²) in [6, 6.07) is 0.523. The van der Waals surface area contributed by atoms with Crippen LogP contribution in [0.5, 0.6) is 0 Å². The fourth-order valence-corrected chi connectivity index (χ4v) is 3.82.